The van der Waals surface area contributed by atoms with Gasteiger partial charge < -0.3 is 43.4 Å². The third-order valence-corrected chi connectivity index (χ3v) is 13.0. The molecule has 0 spiro atoms. The number of anilines is 1. The Morgan fingerprint density at radius 1 is 0.577 bits per heavy atom. The molecule has 396 valence electrons. The molecular formula is C57H50N7O13P. The highest BCUT2D eigenvalue weighted by Gasteiger charge is 2.52. The molecular weight excluding hydrogens is 1020 g/mol. The monoisotopic (exact) mass is 1070 g/mol. The molecule has 20 nitrogen and oxygen atoms in total. The van der Waals surface area contributed by atoms with E-state index in [4.69, 9.17) is 32.7 Å². The fourth-order valence-electron chi connectivity index (χ4n) is 7.98. The average Bonchev–Trinajstić information content (AvgIpc) is 4.27. The maximum absolute atomic E-state index is 14.1. The molecule has 1 unspecified atom stereocenters. The number of aromatic nitrogens is 4. The molecule has 1 aliphatic heterocycles. The van der Waals surface area contributed by atoms with Crippen LogP contribution in [0.15, 0.2) is 195 Å². The van der Waals surface area contributed by atoms with Gasteiger partial charge in [0.05, 0.1) is 37.1 Å². The minimum absolute atomic E-state index is 0.0679. The third kappa shape index (κ3) is 14.4. The second kappa shape index (κ2) is 26.5. The summed E-state index contributed by atoms with van der Waals surface area (Å²) in [5.41, 5.74) is 3.07. The van der Waals surface area contributed by atoms with E-state index in [-0.39, 0.29) is 47.9 Å². The summed E-state index contributed by atoms with van der Waals surface area (Å²) in [7, 11) is -2.47. The number of benzene rings is 6. The Labute approximate surface area is 448 Å². The lowest BCUT2D eigenvalue weighted by molar-refractivity contribution is -0.148. The number of alkyl carbamates (subject to hydrolysis) is 1. The number of amides is 3. The Kier molecular flexibility index (Phi) is 18.2. The molecule has 1 fully saturated rings. The van der Waals surface area contributed by atoms with Gasteiger partial charge in [0.15, 0.2) is 35.4 Å². The van der Waals surface area contributed by atoms with Crippen LogP contribution in [0.3, 0.4) is 0 Å². The molecule has 9 rings (SSSR count). The molecule has 3 N–H and O–H groups in total. The predicted molar refractivity (Wildman–Crippen MR) is 282 cm³/mol. The zero-order valence-electron chi connectivity index (χ0n) is 41.4. The maximum Gasteiger partial charge on any atom is 0.408 e. The highest BCUT2D eigenvalue weighted by atomic mass is 31.2. The number of nitrogens with zero attached hydrogens (tertiary/aromatic N) is 4. The summed E-state index contributed by atoms with van der Waals surface area (Å²) in [5, 5.41) is 7.95. The smallest absolute Gasteiger partial charge is 0.408 e. The van der Waals surface area contributed by atoms with Crippen molar-refractivity contribution >= 4 is 61.3 Å². The Morgan fingerprint density at radius 3 is 1.67 bits per heavy atom. The maximum atomic E-state index is 14.1. The second-order valence-corrected chi connectivity index (χ2v) is 18.6. The van der Waals surface area contributed by atoms with Crippen molar-refractivity contribution in [2.24, 2.45) is 0 Å². The normalized spacial score (nSPS) is 16.5. The van der Waals surface area contributed by atoms with Crippen molar-refractivity contribution in [3.05, 3.63) is 228 Å². The first-order valence-electron chi connectivity index (χ1n) is 24.4. The number of carbonyl (C=O) groups is 6. The van der Waals surface area contributed by atoms with Gasteiger partial charge >= 0.3 is 24.0 Å². The second-order valence-electron chi connectivity index (χ2n) is 17.3. The van der Waals surface area contributed by atoms with Crippen LogP contribution < -0.4 is 15.7 Å². The Hall–Kier alpha value is -9.20. The molecule has 0 bridgehead atoms. The van der Waals surface area contributed by atoms with E-state index in [1.54, 1.807) is 170 Å². The van der Waals surface area contributed by atoms with E-state index in [1.807, 2.05) is 12.1 Å². The minimum atomic E-state index is -2.47. The molecule has 78 heavy (non-hydrogen) atoms. The Morgan fingerprint density at radius 2 is 1.09 bits per heavy atom. The highest BCUT2D eigenvalue weighted by Crippen LogP contribution is 2.41. The number of hydrogen-bond acceptors (Lipinski definition) is 16. The van der Waals surface area contributed by atoms with E-state index in [9.17, 15) is 28.8 Å². The SMILES string of the molecule is O=C(C[C@H](NC(=O)OCc1ccccc1)C(=O)OCc1ccccc1)NP(OCc1ccccc1)OC[C@H]1O[C@@H](n2cnc3c(NC(=O)c4ccccc4)ncnc32)[C@H](OC(=O)c2ccccc2)[C@@H]1OC(=O)c1ccccc1. The topological polar surface area (TPSA) is 247 Å². The first-order chi connectivity index (χ1) is 38.1. The zero-order valence-corrected chi connectivity index (χ0v) is 42.3. The van der Waals surface area contributed by atoms with Crippen molar-refractivity contribution in [2.75, 3.05) is 11.9 Å². The summed E-state index contributed by atoms with van der Waals surface area (Å²) in [6, 6.07) is 50.0. The van der Waals surface area contributed by atoms with Crippen molar-refractivity contribution in [1.82, 2.24) is 29.9 Å². The van der Waals surface area contributed by atoms with Gasteiger partial charge in [0.25, 0.3) is 14.4 Å². The van der Waals surface area contributed by atoms with Crippen molar-refractivity contribution in [2.45, 2.75) is 56.8 Å². The van der Waals surface area contributed by atoms with E-state index in [0.29, 0.717) is 22.3 Å². The fourth-order valence-corrected chi connectivity index (χ4v) is 9.02. The molecule has 21 heteroatoms. The molecule has 3 amide bonds. The fraction of sp³-hybridized carbons (Fsp3) is 0.175. The molecule has 8 aromatic rings. The number of rotatable bonds is 22. The van der Waals surface area contributed by atoms with Crippen LogP contribution in [0.2, 0.25) is 0 Å². The first-order valence-corrected chi connectivity index (χ1v) is 25.6. The molecule has 1 aliphatic rings. The van der Waals surface area contributed by atoms with Gasteiger partial charge in [-0.2, -0.15) is 0 Å². The number of imidazole rings is 1. The van der Waals surface area contributed by atoms with Crippen LogP contribution in [0, 0.1) is 0 Å². The molecule has 0 radical (unpaired) electrons. The minimum Gasteiger partial charge on any atom is -0.459 e. The third-order valence-electron chi connectivity index (χ3n) is 11.9. The number of fused-ring (bicyclic) bond motifs is 1. The molecule has 2 aromatic heterocycles. The number of esters is 3. The first kappa shape index (κ1) is 53.6. The lowest BCUT2D eigenvalue weighted by atomic mass is 10.1. The summed E-state index contributed by atoms with van der Waals surface area (Å²) in [4.78, 5) is 95.6. The van der Waals surface area contributed by atoms with Crippen molar-refractivity contribution in [1.29, 1.82) is 0 Å². The van der Waals surface area contributed by atoms with E-state index in [0.717, 1.165) is 0 Å². The summed E-state index contributed by atoms with van der Waals surface area (Å²) >= 11 is 0. The summed E-state index contributed by atoms with van der Waals surface area (Å²) in [6.45, 7) is -0.812. The van der Waals surface area contributed by atoms with Gasteiger partial charge in [0, 0.05) is 5.56 Å². The summed E-state index contributed by atoms with van der Waals surface area (Å²) < 4.78 is 44.1. The lowest BCUT2D eigenvalue weighted by Gasteiger charge is -2.25. The quantitative estimate of drug-likeness (QED) is 0.0327. The van der Waals surface area contributed by atoms with Crippen molar-refractivity contribution in [3.63, 3.8) is 0 Å². The standard InChI is InChI=1S/C57H50N7O13P/c65-46(31-44(56(69)71-32-38-19-7-1-8-20-38)61-57(70)72-33-39-21-9-2-10-22-39)63-78(73-34-40-23-11-3-12-24-40)74-35-45-48(76-54(67)42-27-15-5-16-28-42)49(77-55(68)43-29-17-6-18-30-43)53(75-45)64-37-60-47-50(58-36-59-51(47)64)62-52(66)41-25-13-4-14-26-41/h1-30,36-37,44-45,48-49,53H,31-35H2,(H,61,70)(H,63,65)(H,58,59,62,66)/t44-,45+,48+,49+,53+,78?/m0/s1. The van der Waals surface area contributed by atoms with Gasteiger partial charge in [-0.3, -0.25) is 19.2 Å². The number of hydrogen-bond donors (Lipinski definition) is 3. The van der Waals surface area contributed by atoms with E-state index in [2.05, 4.69) is 30.7 Å². The van der Waals surface area contributed by atoms with E-state index in [1.165, 1.54) is 17.2 Å². The number of carbonyl (C=O) groups excluding carboxylic acids is 6. The lowest BCUT2D eigenvalue weighted by Crippen LogP contribution is -2.45. The number of ether oxygens (including phenoxy) is 5. The van der Waals surface area contributed by atoms with Crippen LogP contribution in [0.4, 0.5) is 10.6 Å². The van der Waals surface area contributed by atoms with Crippen LogP contribution in [0.5, 0.6) is 0 Å². The molecule has 6 aromatic carbocycles. The molecule has 6 atom stereocenters. The van der Waals surface area contributed by atoms with Crippen molar-refractivity contribution in [3.8, 4) is 0 Å². The largest absolute Gasteiger partial charge is 0.459 e. The molecule has 3 heterocycles. The average molecular weight is 1070 g/mol. The van der Waals surface area contributed by atoms with Crippen LogP contribution in [0.25, 0.3) is 11.2 Å². The van der Waals surface area contributed by atoms with Crippen LogP contribution in [-0.2, 0) is 62.1 Å². The van der Waals surface area contributed by atoms with E-state index < -0.39 is 88.0 Å². The van der Waals surface area contributed by atoms with Gasteiger partial charge in [-0.1, -0.05) is 146 Å². The number of nitrogens with one attached hydrogen (secondary N) is 3. The highest BCUT2D eigenvalue weighted by molar-refractivity contribution is 7.45. The summed E-state index contributed by atoms with van der Waals surface area (Å²) in [5.74, 6) is -3.70. The van der Waals surface area contributed by atoms with Crippen LogP contribution in [-0.4, -0.2) is 86.3 Å². The van der Waals surface area contributed by atoms with Gasteiger partial charge in [0.1, 0.15) is 31.7 Å². The van der Waals surface area contributed by atoms with E-state index >= 15 is 0 Å². The molecule has 1 saturated heterocycles. The van der Waals surface area contributed by atoms with Gasteiger partial charge in [-0.25, -0.2) is 34.1 Å². The Bertz CT molecular complexity index is 3290. The van der Waals surface area contributed by atoms with Gasteiger partial charge in [0.2, 0.25) is 5.91 Å². The molecule has 0 saturated carbocycles. The van der Waals surface area contributed by atoms with Gasteiger partial charge in [-0.05, 0) is 53.1 Å². The predicted octanol–water partition coefficient (Wildman–Crippen LogP) is 8.43. The Balaban J connectivity index is 1.000. The van der Waals surface area contributed by atoms with Crippen LogP contribution >= 0.6 is 8.53 Å². The van der Waals surface area contributed by atoms with Crippen LogP contribution in [0.1, 0.15) is 60.4 Å². The summed E-state index contributed by atoms with van der Waals surface area (Å²) in [6.07, 6.45) is -4.54. The van der Waals surface area contributed by atoms with Gasteiger partial charge in [-0.15, -0.1) is 0 Å². The molecule has 0 aliphatic carbocycles. The zero-order chi connectivity index (χ0) is 54.1. The van der Waals surface area contributed by atoms with Crippen molar-refractivity contribution < 1.29 is 61.5 Å².